The first kappa shape index (κ1) is 15.2. The van der Waals surface area contributed by atoms with Crippen LogP contribution in [0.5, 0.6) is 0 Å². The summed E-state index contributed by atoms with van der Waals surface area (Å²) in [7, 11) is 0. The average Bonchev–Trinajstić information content (AvgIpc) is 3.21. The van der Waals surface area contributed by atoms with E-state index in [-0.39, 0.29) is 17.4 Å². The zero-order valence-electron chi connectivity index (χ0n) is 10.9. The Bertz CT molecular complexity index is 488. The van der Waals surface area contributed by atoms with Crippen LogP contribution in [0.3, 0.4) is 0 Å². The number of carbonyl (C=O) groups excluding carboxylic acids is 1. The summed E-state index contributed by atoms with van der Waals surface area (Å²) in [5, 5.41) is 9.27. The summed E-state index contributed by atoms with van der Waals surface area (Å²) < 4.78 is 0. The molecule has 0 bridgehead atoms. The molecule has 4 nitrogen and oxygen atoms in total. The first-order valence-corrected chi connectivity index (χ1v) is 7.93. The molecule has 0 aromatic heterocycles. The van der Waals surface area contributed by atoms with E-state index < -0.39 is 5.97 Å². The highest BCUT2D eigenvalue weighted by molar-refractivity contribution is 8.00. The van der Waals surface area contributed by atoms with Crippen LogP contribution in [0.25, 0.3) is 0 Å². The molecule has 1 N–H and O–H groups in total. The Morgan fingerprint density at radius 3 is 2.45 bits per heavy atom. The van der Waals surface area contributed by atoms with E-state index in [1.54, 1.807) is 0 Å². The molecule has 1 aliphatic rings. The monoisotopic (exact) mass is 313 g/mol. The van der Waals surface area contributed by atoms with Gasteiger partial charge in [0.05, 0.1) is 11.5 Å². The molecule has 2 rings (SSSR count). The first-order chi connectivity index (χ1) is 9.56. The van der Waals surface area contributed by atoms with Gasteiger partial charge < -0.3 is 10.0 Å². The van der Waals surface area contributed by atoms with E-state index in [4.69, 9.17) is 16.7 Å². The molecule has 20 heavy (non-hydrogen) atoms. The van der Waals surface area contributed by atoms with Gasteiger partial charge in [0.25, 0.3) is 0 Å². The fraction of sp³-hybridized carbons (Fsp3) is 0.429. The summed E-state index contributed by atoms with van der Waals surface area (Å²) in [6.07, 6.45) is 2.06. The Kier molecular flexibility index (Phi) is 5.31. The molecule has 1 fully saturated rings. The lowest BCUT2D eigenvalue weighted by Gasteiger charge is -2.22. The largest absolute Gasteiger partial charge is 0.481 e. The van der Waals surface area contributed by atoms with E-state index >= 15 is 0 Å². The van der Waals surface area contributed by atoms with Crippen molar-refractivity contribution < 1.29 is 14.7 Å². The van der Waals surface area contributed by atoms with Crippen LogP contribution in [0, 0.1) is 0 Å². The van der Waals surface area contributed by atoms with Crippen LogP contribution in [0.4, 0.5) is 0 Å². The van der Waals surface area contributed by atoms with Crippen molar-refractivity contribution in [1.29, 1.82) is 0 Å². The van der Waals surface area contributed by atoms with Crippen LogP contribution in [0.15, 0.2) is 24.3 Å². The Hall–Kier alpha value is -1.20. The van der Waals surface area contributed by atoms with Crippen LogP contribution in [0.1, 0.15) is 18.4 Å². The molecule has 0 saturated heterocycles. The molecule has 1 aromatic carbocycles. The van der Waals surface area contributed by atoms with Crippen molar-refractivity contribution in [2.24, 2.45) is 0 Å². The molecule has 0 atom stereocenters. The second-order valence-electron chi connectivity index (χ2n) is 4.77. The van der Waals surface area contributed by atoms with Crippen molar-refractivity contribution in [3.05, 3.63) is 34.9 Å². The standard InChI is InChI=1S/C14H16ClNO3S/c15-11-3-1-10(2-4-11)7-16(12-5-6-12)13(17)8-20-9-14(18)19/h1-4,12H,5-9H2,(H,18,19). The highest BCUT2D eigenvalue weighted by Gasteiger charge is 2.32. The number of thioether (sulfide) groups is 1. The topological polar surface area (TPSA) is 57.6 Å². The van der Waals surface area contributed by atoms with Crippen LogP contribution in [0.2, 0.25) is 5.02 Å². The van der Waals surface area contributed by atoms with Crippen molar-refractivity contribution in [3.8, 4) is 0 Å². The maximum atomic E-state index is 12.2. The number of rotatable bonds is 7. The Morgan fingerprint density at radius 1 is 1.25 bits per heavy atom. The van der Waals surface area contributed by atoms with E-state index in [0.717, 1.165) is 30.2 Å². The van der Waals surface area contributed by atoms with Crippen LogP contribution in [-0.4, -0.2) is 39.4 Å². The maximum Gasteiger partial charge on any atom is 0.313 e. The number of nitrogens with zero attached hydrogens (tertiary/aromatic N) is 1. The molecule has 6 heteroatoms. The van der Waals surface area contributed by atoms with Gasteiger partial charge in [-0.25, -0.2) is 0 Å². The number of hydrogen-bond acceptors (Lipinski definition) is 3. The molecule has 108 valence electrons. The highest BCUT2D eigenvalue weighted by atomic mass is 35.5. The van der Waals surface area contributed by atoms with Crippen LogP contribution in [-0.2, 0) is 16.1 Å². The van der Waals surface area contributed by atoms with E-state index in [1.807, 2.05) is 29.2 Å². The number of carbonyl (C=O) groups is 2. The number of benzene rings is 1. The fourth-order valence-corrected chi connectivity index (χ4v) is 2.65. The average molecular weight is 314 g/mol. The van der Waals surface area contributed by atoms with Gasteiger partial charge in [-0.15, -0.1) is 11.8 Å². The SMILES string of the molecule is O=C(O)CSCC(=O)N(Cc1ccc(Cl)cc1)C1CC1. The predicted molar refractivity (Wildman–Crippen MR) is 80.0 cm³/mol. The van der Waals surface area contributed by atoms with E-state index in [9.17, 15) is 9.59 Å². The minimum absolute atomic E-state index is 0.00806. The van der Waals surface area contributed by atoms with Gasteiger partial charge in [0.2, 0.25) is 5.91 Å². The lowest BCUT2D eigenvalue weighted by atomic mass is 10.2. The predicted octanol–water partition coefficient (Wildman–Crippen LogP) is 2.65. The molecule has 0 spiro atoms. The van der Waals surface area contributed by atoms with Crippen molar-refractivity contribution in [2.45, 2.75) is 25.4 Å². The zero-order valence-corrected chi connectivity index (χ0v) is 12.5. The number of carboxylic acids is 1. The summed E-state index contributed by atoms with van der Waals surface area (Å²) >= 11 is 6.99. The third-order valence-electron chi connectivity index (χ3n) is 3.03. The van der Waals surface area contributed by atoms with Gasteiger partial charge in [0.15, 0.2) is 0 Å². The molecule has 1 aromatic rings. The highest BCUT2D eigenvalue weighted by Crippen LogP contribution is 2.29. The van der Waals surface area contributed by atoms with Gasteiger partial charge in [0, 0.05) is 17.6 Å². The smallest absolute Gasteiger partial charge is 0.313 e. The number of carboxylic acid groups (broad SMARTS) is 1. The van der Waals surface area contributed by atoms with Gasteiger partial charge >= 0.3 is 5.97 Å². The number of aliphatic carboxylic acids is 1. The quantitative estimate of drug-likeness (QED) is 0.841. The summed E-state index contributed by atoms with van der Waals surface area (Å²) in [4.78, 5) is 24.5. The summed E-state index contributed by atoms with van der Waals surface area (Å²) in [6, 6.07) is 7.76. The van der Waals surface area contributed by atoms with Gasteiger partial charge in [-0.05, 0) is 30.5 Å². The number of hydrogen-bond donors (Lipinski definition) is 1. The van der Waals surface area contributed by atoms with Gasteiger partial charge in [0.1, 0.15) is 0 Å². The summed E-state index contributed by atoms with van der Waals surface area (Å²) in [5.41, 5.74) is 1.04. The van der Waals surface area contributed by atoms with Crippen molar-refractivity contribution in [3.63, 3.8) is 0 Å². The summed E-state index contributed by atoms with van der Waals surface area (Å²) in [6.45, 7) is 0.564. The third-order valence-corrected chi connectivity index (χ3v) is 4.18. The molecule has 0 aliphatic heterocycles. The van der Waals surface area contributed by atoms with Crippen LogP contribution >= 0.6 is 23.4 Å². The molecule has 0 unspecified atom stereocenters. The lowest BCUT2D eigenvalue weighted by Crippen LogP contribution is -2.34. The molecule has 1 amide bonds. The van der Waals surface area contributed by atoms with Crippen molar-refractivity contribution >= 4 is 35.2 Å². The second-order valence-corrected chi connectivity index (χ2v) is 6.19. The Labute approximate surface area is 127 Å². The minimum Gasteiger partial charge on any atom is -0.481 e. The molecule has 1 saturated carbocycles. The third kappa shape index (κ3) is 4.72. The fourth-order valence-electron chi connectivity index (χ4n) is 1.90. The Balaban J connectivity index is 1.91. The summed E-state index contributed by atoms with van der Waals surface area (Å²) in [5.74, 6) is -0.700. The van der Waals surface area contributed by atoms with E-state index in [2.05, 4.69) is 0 Å². The van der Waals surface area contributed by atoms with Crippen LogP contribution < -0.4 is 0 Å². The van der Waals surface area contributed by atoms with Crippen molar-refractivity contribution in [2.75, 3.05) is 11.5 Å². The minimum atomic E-state index is -0.890. The van der Waals surface area contributed by atoms with E-state index in [0.29, 0.717) is 17.6 Å². The number of amides is 1. The molecular formula is C14H16ClNO3S. The van der Waals surface area contributed by atoms with E-state index in [1.165, 1.54) is 0 Å². The Morgan fingerprint density at radius 2 is 1.90 bits per heavy atom. The lowest BCUT2D eigenvalue weighted by molar-refractivity contribution is -0.133. The molecule has 1 aliphatic carbocycles. The van der Waals surface area contributed by atoms with Gasteiger partial charge in [-0.1, -0.05) is 23.7 Å². The molecule has 0 radical (unpaired) electrons. The van der Waals surface area contributed by atoms with Gasteiger partial charge in [-0.2, -0.15) is 0 Å². The first-order valence-electron chi connectivity index (χ1n) is 6.39. The van der Waals surface area contributed by atoms with Crippen molar-refractivity contribution in [1.82, 2.24) is 4.90 Å². The zero-order chi connectivity index (χ0) is 14.5. The van der Waals surface area contributed by atoms with Gasteiger partial charge in [-0.3, -0.25) is 9.59 Å². The second kappa shape index (κ2) is 6.99. The molecular weight excluding hydrogens is 298 g/mol. The maximum absolute atomic E-state index is 12.2. The number of halogens is 1. The normalized spacial score (nSPS) is 14.1. The molecule has 0 heterocycles.